The monoisotopic (exact) mass is 278 g/mol. The molecule has 1 aromatic rings. The molecule has 0 bridgehead atoms. The first kappa shape index (κ1) is 13.4. The van der Waals surface area contributed by atoms with Crippen LogP contribution in [0.1, 0.15) is 32.3 Å². The van der Waals surface area contributed by atoms with E-state index < -0.39 is 0 Å². The van der Waals surface area contributed by atoms with Crippen LogP contribution >= 0.6 is 11.6 Å². The fraction of sp³-hybridized carbons (Fsp3) is 0.625. The second-order valence-electron chi connectivity index (χ2n) is 6.64. The van der Waals surface area contributed by atoms with E-state index in [1.165, 1.54) is 24.9 Å². The molecule has 2 fully saturated rings. The van der Waals surface area contributed by atoms with Crippen molar-refractivity contribution < 1.29 is 0 Å². The van der Waals surface area contributed by atoms with Crippen LogP contribution < -0.4 is 5.32 Å². The van der Waals surface area contributed by atoms with Crippen LogP contribution in [0.5, 0.6) is 0 Å². The lowest BCUT2D eigenvalue weighted by atomic mass is 9.95. The molecule has 1 unspecified atom stereocenters. The van der Waals surface area contributed by atoms with Gasteiger partial charge in [-0.2, -0.15) is 0 Å². The van der Waals surface area contributed by atoms with Crippen LogP contribution in [0.3, 0.4) is 0 Å². The van der Waals surface area contributed by atoms with Crippen LogP contribution in [0.25, 0.3) is 0 Å². The number of hydrogen-bond acceptors (Lipinski definition) is 2. The molecular formula is C16H23ClN2. The molecule has 1 aliphatic carbocycles. The first-order chi connectivity index (χ1) is 9.04. The molecule has 1 atom stereocenters. The van der Waals surface area contributed by atoms with Gasteiger partial charge in [0.25, 0.3) is 0 Å². The van der Waals surface area contributed by atoms with E-state index in [1.54, 1.807) is 0 Å². The highest BCUT2D eigenvalue weighted by Crippen LogP contribution is 2.36. The summed E-state index contributed by atoms with van der Waals surface area (Å²) in [5.41, 5.74) is 1.58. The molecule has 1 N–H and O–H groups in total. The van der Waals surface area contributed by atoms with Crippen molar-refractivity contribution in [1.82, 2.24) is 10.2 Å². The molecule has 0 spiro atoms. The summed E-state index contributed by atoms with van der Waals surface area (Å²) in [5.74, 6) is 0.920. The molecule has 19 heavy (non-hydrogen) atoms. The maximum Gasteiger partial charge on any atom is 0.0406 e. The van der Waals surface area contributed by atoms with E-state index >= 15 is 0 Å². The summed E-state index contributed by atoms with van der Waals surface area (Å²) in [4.78, 5) is 2.62. The fourth-order valence-corrected chi connectivity index (χ4v) is 3.07. The topological polar surface area (TPSA) is 15.3 Å². The molecule has 104 valence electrons. The Kier molecular flexibility index (Phi) is 3.59. The largest absolute Gasteiger partial charge is 0.311 e. The van der Waals surface area contributed by atoms with Gasteiger partial charge in [0.2, 0.25) is 0 Å². The van der Waals surface area contributed by atoms with Crippen LogP contribution in [0, 0.1) is 5.92 Å². The van der Waals surface area contributed by atoms with Crippen molar-refractivity contribution in [3.8, 4) is 0 Å². The molecule has 1 heterocycles. The van der Waals surface area contributed by atoms with Gasteiger partial charge in [-0.15, -0.1) is 0 Å². The minimum absolute atomic E-state index is 0.227. The number of halogens is 1. The van der Waals surface area contributed by atoms with Gasteiger partial charge in [0, 0.05) is 36.2 Å². The van der Waals surface area contributed by atoms with Crippen molar-refractivity contribution in [1.29, 1.82) is 0 Å². The highest BCUT2D eigenvalue weighted by atomic mass is 35.5. The van der Waals surface area contributed by atoms with E-state index in [2.05, 4.69) is 36.2 Å². The summed E-state index contributed by atoms with van der Waals surface area (Å²) in [6.45, 7) is 7.94. The zero-order chi connectivity index (χ0) is 13.5. The summed E-state index contributed by atoms with van der Waals surface area (Å²) >= 11 is 5.96. The van der Waals surface area contributed by atoms with Crippen LogP contribution in [-0.4, -0.2) is 29.6 Å². The Bertz CT molecular complexity index is 437. The predicted molar refractivity (Wildman–Crippen MR) is 80.5 cm³/mol. The molecule has 3 heteroatoms. The smallest absolute Gasteiger partial charge is 0.0406 e. The van der Waals surface area contributed by atoms with Crippen molar-refractivity contribution in [2.45, 2.75) is 44.8 Å². The third kappa shape index (κ3) is 3.13. The van der Waals surface area contributed by atoms with Crippen molar-refractivity contribution in [2.75, 3.05) is 13.1 Å². The molecular weight excluding hydrogens is 256 g/mol. The van der Waals surface area contributed by atoms with Gasteiger partial charge in [-0.1, -0.05) is 23.7 Å². The van der Waals surface area contributed by atoms with Gasteiger partial charge in [0.05, 0.1) is 0 Å². The summed E-state index contributed by atoms with van der Waals surface area (Å²) in [6.07, 6.45) is 2.82. The van der Waals surface area contributed by atoms with E-state index in [9.17, 15) is 0 Å². The number of nitrogens with zero attached hydrogens (tertiary/aromatic N) is 1. The van der Waals surface area contributed by atoms with Crippen molar-refractivity contribution >= 4 is 11.6 Å². The first-order valence-electron chi connectivity index (χ1n) is 7.27. The Morgan fingerprint density at radius 2 is 1.95 bits per heavy atom. The van der Waals surface area contributed by atoms with E-state index in [1.807, 2.05) is 12.1 Å². The van der Waals surface area contributed by atoms with Crippen molar-refractivity contribution in [2.24, 2.45) is 5.92 Å². The lowest BCUT2D eigenvalue weighted by Crippen LogP contribution is -2.62. The molecule has 0 aromatic heterocycles. The first-order valence-corrected chi connectivity index (χ1v) is 7.65. The quantitative estimate of drug-likeness (QED) is 0.913. The minimum Gasteiger partial charge on any atom is -0.311 e. The molecule has 1 saturated carbocycles. The Hall–Kier alpha value is -0.570. The van der Waals surface area contributed by atoms with E-state index in [-0.39, 0.29) is 5.54 Å². The highest BCUT2D eigenvalue weighted by molar-refractivity contribution is 6.30. The lowest BCUT2D eigenvalue weighted by molar-refractivity contribution is 0.0534. The minimum atomic E-state index is 0.227. The third-order valence-corrected chi connectivity index (χ3v) is 4.80. The zero-order valence-corrected chi connectivity index (χ0v) is 12.6. The number of nitrogens with one attached hydrogen (secondary N) is 1. The normalized spacial score (nSPS) is 27.4. The van der Waals surface area contributed by atoms with Crippen molar-refractivity contribution in [3.05, 3.63) is 34.9 Å². The van der Waals surface area contributed by atoms with E-state index in [0.29, 0.717) is 6.04 Å². The predicted octanol–water partition coefficient (Wildman–Crippen LogP) is 3.30. The fourth-order valence-electron chi connectivity index (χ4n) is 2.94. The SMILES string of the molecule is CC1(C)CNC(C2CC2)CN1Cc1ccc(Cl)cc1. The molecule has 2 aliphatic rings. The Morgan fingerprint density at radius 1 is 1.26 bits per heavy atom. The summed E-state index contributed by atoms with van der Waals surface area (Å²) in [7, 11) is 0. The van der Waals surface area contributed by atoms with Crippen LogP contribution in [0.2, 0.25) is 5.02 Å². The standard InChI is InChI=1S/C16H23ClN2/c1-16(2)11-18-15(13-5-6-13)10-19(16)9-12-3-7-14(17)8-4-12/h3-4,7-8,13,15,18H,5-6,9-11H2,1-2H3. The van der Waals surface area contributed by atoms with Gasteiger partial charge in [0.1, 0.15) is 0 Å². The molecule has 3 rings (SSSR count). The average molecular weight is 279 g/mol. The molecule has 2 nitrogen and oxygen atoms in total. The average Bonchev–Trinajstić information content (AvgIpc) is 3.19. The molecule has 0 radical (unpaired) electrons. The van der Waals surface area contributed by atoms with Gasteiger partial charge in [-0.05, 0) is 50.3 Å². The summed E-state index contributed by atoms with van der Waals surface area (Å²) < 4.78 is 0. The van der Waals surface area contributed by atoms with E-state index in [0.717, 1.165) is 24.0 Å². The number of piperazine rings is 1. The summed E-state index contributed by atoms with van der Waals surface area (Å²) in [6, 6.07) is 8.97. The second-order valence-corrected chi connectivity index (χ2v) is 7.08. The Labute approximate surface area is 121 Å². The number of benzene rings is 1. The Morgan fingerprint density at radius 3 is 2.58 bits per heavy atom. The Balaban J connectivity index is 1.70. The van der Waals surface area contributed by atoms with Gasteiger partial charge < -0.3 is 5.32 Å². The maximum absolute atomic E-state index is 5.96. The third-order valence-electron chi connectivity index (χ3n) is 4.55. The molecule has 1 aliphatic heterocycles. The zero-order valence-electron chi connectivity index (χ0n) is 11.8. The highest BCUT2D eigenvalue weighted by Gasteiger charge is 2.40. The maximum atomic E-state index is 5.96. The van der Waals surface area contributed by atoms with Gasteiger partial charge in [0.15, 0.2) is 0 Å². The van der Waals surface area contributed by atoms with Gasteiger partial charge in [-0.25, -0.2) is 0 Å². The van der Waals surface area contributed by atoms with Gasteiger partial charge >= 0.3 is 0 Å². The van der Waals surface area contributed by atoms with Crippen LogP contribution in [0.4, 0.5) is 0 Å². The summed E-state index contributed by atoms with van der Waals surface area (Å²) in [5, 5.41) is 4.55. The van der Waals surface area contributed by atoms with Crippen LogP contribution in [-0.2, 0) is 6.54 Å². The van der Waals surface area contributed by atoms with Crippen molar-refractivity contribution in [3.63, 3.8) is 0 Å². The molecule has 0 amide bonds. The van der Waals surface area contributed by atoms with Gasteiger partial charge in [-0.3, -0.25) is 4.90 Å². The second kappa shape index (κ2) is 5.08. The molecule has 1 aromatic carbocycles. The number of rotatable bonds is 3. The molecule has 1 saturated heterocycles. The lowest BCUT2D eigenvalue weighted by Gasteiger charge is -2.46. The van der Waals surface area contributed by atoms with E-state index in [4.69, 9.17) is 11.6 Å². The number of hydrogen-bond donors (Lipinski definition) is 1. The van der Waals surface area contributed by atoms with Crippen LogP contribution in [0.15, 0.2) is 24.3 Å².